The molecule has 0 bridgehead atoms. The molecule has 1 N–H and O–H groups in total. The van der Waals surface area contributed by atoms with Crippen molar-refractivity contribution < 1.29 is 5.11 Å². The molecule has 1 rings (SSSR count). The molecule has 0 fully saturated rings. The van der Waals surface area contributed by atoms with Gasteiger partial charge in [0.15, 0.2) is 0 Å². The van der Waals surface area contributed by atoms with Gasteiger partial charge in [-0.3, -0.25) is 0 Å². The zero-order valence-electron chi connectivity index (χ0n) is 8.63. The van der Waals surface area contributed by atoms with Crippen LogP contribution >= 0.6 is 23.2 Å². The monoisotopic (exact) mass is 244 g/mol. The van der Waals surface area contributed by atoms with Crippen LogP contribution in [0.5, 0.6) is 0 Å². The van der Waals surface area contributed by atoms with Crippen molar-refractivity contribution in [3.63, 3.8) is 0 Å². The van der Waals surface area contributed by atoms with Crippen molar-refractivity contribution >= 4 is 23.2 Å². The highest BCUT2D eigenvalue weighted by molar-refractivity contribution is 6.35. The van der Waals surface area contributed by atoms with Gasteiger partial charge in [-0.25, -0.2) is 0 Å². The van der Waals surface area contributed by atoms with Gasteiger partial charge in [0.05, 0.1) is 6.10 Å². The summed E-state index contributed by atoms with van der Waals surface area (Å²) in [5.41, 5.74) is 1.88. The summed E-state index contributed by atoms with van der Waals surface area (Å²) in [7, 11) is 0. The molecular weight excluding hydrogens is 231 g/mol. The molecule has 0 aliphatic rings. The first-order chi connectivity index (χ1) is 6.99. The van der Waals surface area contributed by atoms with Crippen LogP contribution in [0.3, 0.4) is 0 Å². The lowest BCUT2D eigenvalue weighted by atomic mass is 10.0. The van der Waals surface area contributed by atoms with Gasteiger partial charge in [-0.1, -0.05) is 34.8 Å². The summed E-state index contributed by atoms with van der Waals surface area (Å²) in [4.78, 5) is 0. The van der Waals surface area contributed by atoms with Gasteiger partial charge in [-0.2, -0.15) is 0 Å². The quantitative estimate of drug-likeness (QED) is 0.798. The van der Waals surface area contributed by atoms with Gasteiger partial charge in [-0.05, 0) is 31.0 Å². The molecule has 3 heteroatoms. The summed E-state index contributed by atoms with van der Waals surface area (Å²) < 4.78 is 0. The van der Waals surface area contributed by atoms with Crippen LogP contribution < -0.4 is 0 Å². The minimum absolute atomic E-state index is 0.429. The van der Waals surface area contributed by atoms with Crippen molar-refractivity contribution in [3.8, 4) is 0 Å². The first-order valence-corrected chi connectivity index (χ1v) is 5.51. The Bertz CT molecular complexity index is 361. The van der Waals surface area contributed by atoms with Crippen LogP contribution in [0.2, 0.25) is 10.0 Å². The van der Waals surface area contributed by atoms with Crippen LogP contribution in [0, 0.1) is 0 Å². The molecule has 0 saturated heterocycles. The molecule has 0 saturated carbocycles. The summed E-state index contributed by atoms with van der Waals surface area (Å²) in [6.07, 6.45) is 0.697. The van der Waals surface area contributed by atoms with Crippen molar-refractivity contribution in [2.75, 3.05) is 0 Å². The van der Waals surface area contributed by atoms with E-state index in [4.69, 9.17) is 23.2 Å². The number of aliphatic hydroxyl groups is 1. The van der Waals surface area contributed by atoms with Gasteiger partial charge in [-0.15, -0.1) is 6.58 Å². The molecule has 1 unspecified atom stereocenters. The first kappa shape index (κ1) is 12.6. The molecule has 0 aromatic heterocycles. The van der Waals surface area contributed by atoms with E-state index < -0.39 is 6.10 Å². The van der Waals surface area contributed by atoms with Gasteiger partial charge in [0.2, 0.25) is 0 Å². The molecule has 0 amide bonds. The van der Waals surface area contributed by atoms with E-state index in [0.717, 1.165) is 11.1 Å². The zero-order valence-corrected chi connectivity index (χ0v) is 10.1. The predicted molar refractivity (Wildman–Crippen MR) is 65.6 cm³/mol. The van der Waals surface area contributed by atoms with Crippen LogP contribution in [-0.2, 0) is 6.42 Å². The molecular formula is C12H14Cl2O. The van der Waals surface area contributed by atoms with Crippen LogP contribution in [0.4, 0.5) is 0 Å². The second-order valence-corrected chi connectivity index (χ2v) is 4.60. The largest absolute Gasteiger partial charge is 0.392 e. The van der Waals surface area contributed by atoms with Crippen LogP contribution in [0.15, 0.2) is 30.4 Å². The lowest BCUT2D eigenvalue weighted by Crippen LogP contribution is -2.10. The SMILES string of the molecule is C=C(C)CC(O)Cc1ccc(Cl)cc1Cl. The average Bonchev–Trinajstić information content (AvgIpc) is 2.08. The first-order valence-electron chi connectivity index (χ1n) is 4.75. The van der Waals surface area contributed by atoms with E-state index in [0.29, 0.717) is 22.9 Å². The fourth-order valence-corrected chi connectivity index (χ4v) is 1.90. The van der Waals surface area contributed by atoms with E-state index in [-0.39, 0.29) is 0 Å². The summed E-state index contributed by atoms with van der Waals surface area (Å²) >= 11 is 11.8. The molecule has 0 heterocycles. The van der Waals surface area contributed by atoms with Gasteiger partial charge >= 0.3 is 0 Å². The smallest absolute Gasteiger partial charge is 0.0617 e. The molecule has 1 nitrogen and oxygen atoms in total. The number of aliphatic hydroxyl groups excluding tert-OH is 1. The Morgan fingerprint density at radius 2 is 2.13 bits per heavy atom. The highest BCUT2D eigenvalue weighted by atomic mass is 35.5. The highest BCUT2D eigenvalue weighted by Gasteiger charge is 2.08. The maximum atomic E-state index is 9.71. The van der Waals surface area contributed by atoms with Crippen molar-refractivity contribution in [1.29, 1.82) is 0 Å². The second kappa shape index (κ2) is 5.55. The Balaban J connectivity index is 2.68. The second-order valence-electron chi connectivity index (χ2n) is 3.75. The Hall–Kier alpha value is -0.500. The molecule has 0 spiro atoms. The van der Waals surface area contributed by atoms with Crippen molar-refractivity contribution in [2.24, 2.45) is 0 Å². The predicted octanol–water partition coefficient (Wildman–Crippen LogP) is 3.86. The number of rotatable bonds is 4. The van der Waals surface area contributed by atoms with Crippen molar-refractivity contribution in [3.05, 3.63) is 46.0 Å². The molecule has 15 heavy (non-hydrogen) atoms. The number of halogens is 2. The number of benzene rings is 1. The Morgan fingerprint density at radius 3 is 2.67 bits per heavy atom. The highest BCUT2D eigenvalue weighted by Crippen LogP contribution is 2.23. The summed E-state index contributed by atoms with van der Waals surface area (Å²) in [6, 6.07) is 5.30. The maximum Gasteiger partial charge on any atom is 0.0617 e. The normalized spacial score (nSPS) is 12.5. The molecule has 1 atom stereocenters. The van der Waals surface area contributed by atoms with Crippen molar-refractivity contribution in [2.45, 2.75) is 25.9 Å². The van der Waals surface area contributed by atoms with Crippen molar-refractivity contribution in [1.82, 2.24) is 0 Å². The lowest BCUT2D eigenvalue weighted by Gasteiger charge is -2.11. The average molecular weight is 245 g/mol. The van der Waals surface area contributed by atoms with Gasteiger partial charge in [0, 0.05) is 16.5 Å². The third-order valence-corrected chi connectivity index (χ3v) is 2.64. The van der Waals surface area contributed by atoms with E-state index in [9.17, 15) is 5.11 Å². The van der Waals surface area contributed by atoms with Crippen LogP contribution in [0.1, 0.15) is 18.9 Å². The molecule has 0 aliphatic carbocycles. The Morgan fingerprint density at radius 1 is 1.47 bits per heavy atom. The molecule has 0 radical (unpaired) electrons. The number of hydrogen-bond acceptors (Lipinski definition) is 1. The lowest BCUT2D eigenvalue weighted by molar-refractivity contribution is 0.175. The van der Waals surface area contributed by atoms with Crippen LogP contribution in [-0.4, -0.2) is 11.2 Å². The topological polar surface area (TPSA) is 20.2 Å². The third kappa shape index (κ3) is 4.25. The molecule has 1 aromatic carbocycles. The fourth-order valence-electron chi connectivity index (χ4n) is 1.42. The van der Waals surface area contributed by atoms with E-state index in [1.165, 1.54) is 0 Å². The Kier molecular flexibility index (Phi) is 4.65. The standard InChI is InChI=1S/C12H14Cl2O/c1-8(2)5-11(15)6-9-3-4-10(13)7-12(9)14/h3-4,7,11,15H,1,5-6H2,2H3. The van der Waals surface area contributed by atoms with Gasteiger partial charge in [0.1, 0.15) is 0 Å². The van der Waals surface area contributed by atoms with E-state index in [1.807, 2.05) is 13.0 Å². The van der Waals surface area contributed by atoms with Crippen LogP contribution in [0.25, 0.3) is 0 Å². The molecule has 0 aliphatic heterocycles. The zero-order chi connectivity index (χ0) is 11.4. The summed E-state index contributed by atoms with van der Waals surface area (Å²) in [5.74, 6) is 0. The molecule has 82 valence electrons. The maximum absolute atomic E-state index is 9.71. The van der Waals surface area contributed by atoms with Gasteiger partial charge < -0.3 is 5.11 Å². The minimum atomic E-state index is -0.429. The minimum Gasteiger partial charge on any atom is -0.392 e. The van der Waals surface area contributed by atoms with E-state index >= 15 is 0 Å². The van der Waals surface area contributed by atoms with Gasteiger partial charge in [0.25, 0.3) is 0 Å². The molecule has 1 aromatic rings. The fraction of sp³-hybridized carbons (Fsp3) is 0.333. The Labute approximate surface area is 100 Å². The van der Waals surface area contributed by atoms with E-state index in [1.54, 1.807) is 12.1 Å². The summed E-state index contributed by atoms with van der Waals surface area (Å²) in [6.45, 7) is 5.65. The summed E-state index contributed by atoms with van der Waals surface area (Å²) in [5, 5.41) is 10.9. The number of hydrogen-bond donors (Lipinski definition) is 1. The third-order valence-electron chi connectivity index (χ3n) is 2.05. The van der Waals surface area contributed by atoms with E-state index in [2.05, 4.69) is 6.58 Å².